The molecule has 0 aliphatic heterocycles. The first kappa shape index (κ1) is 21.6. The Morgan fingerprint density at radius 3 is 1.81 bits per heavy atom. The fourth-order valence-electron chi connectivity index (χ4n) is 3.01. The van der Waals surface area contributed by atoms with Crippen LogP contribution in [0.2, 0.25) is 0 Å². The van der Waals surface area contributed by atoms with Gasteiger partial charge < -0.3 is 4.74 Å². The van der Waals surface area contributed by atoms with Gasteiger partial charge in [0.1, 0.15) is 6.04 Å². The highest BCUT2D eigenvalue weighted by Crippen LogP contribution is 2.23. The van der Waals surface area contributed by atoms with E-state index in [2.05, 4.69) is 100 Å². The molecule has 140 valence electrons. The minimum atomic E-state index is -0.276. The van der Waals surface area contributed by atoms with Crippen molar-refractivity contribution in [1.29, 1.82) is 0 Å². The number of nitrogens with zero attached hydrogens (tertiary/aromatic N) is 1. The third kappa shape index (κ3) is 5.92. The quantitative estimate of drug-likeness (QED) is 0.308. The molecule has 0 heterocycles. The molecule has 0 aliphatic rings. The Morgan fingerprint density at radius 2 is 1.42 bits per heavy atom. The average molecular weight is 577 g/mol. The van der Waals surface area contributed by atoms with Crippen LogP contribution in [0.5, 0.6) is 0 Å². The molecule has 0 fully saturated rings. The molecule has 0 unspecified atom stereocenters. The fraction of sp³-hybridized carbons (Fsp3) is 0.381. The van der Waals surface area contributed by atoms with Gasteiger partial charge in [0.05, 0.1) is 6.61 Å². The maximum atomic E-state index is 12.7. The van der Waals surface area contributed by atoms with Crippen molar-refractivity contribution >= 4 is 51.2 Å². The van der Waals surface area contributed by atoms with Crippen LogP contribution in [-0.2, 0) is 22.6 Å². The van der Waals surface area contributed by atoms with E-state index in [1.807, 2.05) is 19.1 Å². The zero-order chi connectivity index (χ0) is 19.1. The highest BCUT2D eigenvalue weighted by molar-refractivity contribution is 14.1. The second kappa shape index (κ2) is 10.6. The third-order valence-electron chi connectivity index (χ3n) is 4.22. The topological polar surface area (TPSA) is 29.5 Å². The molecule has 0 aliphatic carbocycles. The van der Waals surface area contributed by atoms with Gasteiger partial charge in [0.15, 0.2) is 0 Å². The lowest BCUT2D eigenvalue weighted by Crippen LogP contribution is -2.45. The lowest BCUT2D eigenvalue weighted by Gasteiger charge is -2.33. The van der Waals surface area contributed by atoms with E-state index < -0.39 is 0 Å². The van der Waals surface area contributed by atoms with Crippen LogP contribution in [0.25, 0.3) is 0 Å². The van der Waals surface area contributed by atoms with Crippen LogP contribution in [0.1, 0.15) is 31.9 Å². The van der Waals surface area contributed by atoms with E-state index in [9.17, 15) is 4.79 Å². The standard InChI is InChI=1S/C21H25I2NO2/c1-4-26-21(25)20(15(2)3)24(13-16-9-5-7-11-18(16)22)14-17-10-6-8-12-19(17)23/h5-12,15,20H,4,13-14H2,1-3H3/t20-/m0/s1. The van der Waals surface area contributed by atoms with Gasteiger partial charge in [-0.05, 0) is 81.3 Å². The molecule has 3 nitrogen and oxygen atoms in total. The minimum absolute atomic E-state index is 0.139. The Bertz CT molecular complexity index is 686. The number of carbonyl (C=O) groups excluding carboxylic acids is 1. The van der Waals surface area contributed by atoms with Crippen LogP contribution in [-0.4, -0.2) is 23.5 Å². The predicted molar refractivity (Wildman–Crippen MR) is 123 cm³/mol. The molecule has 0 spiro atoms. The van der Waals surface area contributed by atoms with Gasteiger partial charge in [0.25, 0.3) is 0 Å². The smallest absolute Gasteiger partial charge is 0.323 e. The molecule has 0 saturated carbocycles. The molecule has 2 aromatic rings. The number of halogens is 2. The third-order valence-corrected chi connectivity index (χ3v) is 6.32. The number of esters is 1. The molecule has 0 saturated heterocycles. The average Bonchev–Trinajstić information content (AvgIpc) is 2.59. The van der Waals surface area contributed by atoms with Gasteiger partial charge in [-0.25, -0.2) is 0 Å². The highest BCUT2D eigenvalue weighted by atomic mass is 127. The van der Waals surface area contributed by atoms with Gasteiger partial charge >= 0.3 is 5.97 Å². The van der Waals surface area contributed by atoms with Crippen LogP contribution >= 0.6 is 45.2 Å². The molecule has 26 heavy (non-hydrogen) atoms. The Hall–Kier alpha value is -0.670. The van der Waals surface area contributed by atoms with E-state index in [1.165, 1.54) is 18.3 Å². The summed E-state index contributed by atoms with van der Waals surface area (Å²) in [6, 6.07) is 16.4. The van der Waals surface area contributed by atoms with E-state index >= 15 is 0 Å². The summed E-state index contributed by atoms with van der Waals surface area (Å²) in [5.74, 6) is 0.0242. The summed E-state index contributed by atoms with van der Waals surface area (Å²) in [4.78, 5) is 15.0. The van der Waals surface area contributed by atoms with Gasteiger partial charge in [-0.1, -0.05) is 50.2 Å². The van der Waals surface area contributed by atoms with Crippen molar-refractivity contribution in [2.75, 3.05) is 6.61 Å². The highest BCUT2D eigenvalue weighted by Gasteiger charge is 2.31. The first-order valence-electron chi connectivity index (χ1n) is 8.81. The van der Waals surface area contributed by atoms with Crippen molar-refractivity contribution in [3.05, 3.63) is 66.8 Å². The number of benzene rings is 2. The molecule has 0 N–H and O–H groups in total. The van der Waals surface area contributed by atoms with E-state index in [1.54, 1.807) is 0 Å². The van der Waals surface area contributed by atoms with Gasteiger partial charge in [-0.15, -0.1) is 0 Å². The van der Waals surface area contributed by atoms with Crippen molar-refractivity contribution in [2.24, 2.45) is 5.92 Å². The molecule has 5 heteroatoms. The maximum absolute atomic E-state index is 12.7. The minimum Gasteiger partial charge on any atom is -0.465 e. The summed E-state index contributed by atoms with van der Waals surface area (Å²) >= 11 is 4.72. The van der Waals surface area contributed by atoms with Crippen LogP contribution < -0.4 is 0 Å². The van der Waals surface area contributed by atoms with Gasteiger partial charge in [0, 0.05) is 20.2 Å². The zero-order valence-electron chi connectivity index (χ0n) is 15.4. The zero-order valence-corrected chi connectivity index (χ0v) is 19.7. The molecule has 2 rings (SSSR count). The van der Waals surface area contributed by atoms with Gasteiger partial charge in [0.2, 0.25) is 0 Å². The lowest BCUT2D eigenvalue weighted by molar-refractivity contribution is -0.152. The van der Waals surface area contributed by atoms with Crippen molar-refractivity contribution in [1.82, 2.24) is 4.90 Å². The summed E-state index contributed by atoms with van der Waals surface area (Å²) in [6.45, 7) is 7.86. The monoisotopic (exact) mass is 577 g/mol. The molecule has 2 aromatic carbocycles. The summed E-state index contributed by atoms with van der Waals surface area (Å²) in [6.07, 6.45) is 0. The van der Waals surface area contributed by atoms with Crippen molar-refractivity contribution in [3.63, 3.8) is 0 Å². The van der Waals surface area contributed by atoms with Crippen LogP contribution in [0.4, 0.5) is 0 Å². The van der Waals surface area contributed by atoms with Crippen LogP contribution in [0, 0.1) is 13.1 Å². The predicted octanol–water partition coefficient (Wildman–Crippen LogP) is 5.49. The summed E-state index contributed by atoms with van der Waals surface area (Å²) < 4.78 is 7.82. The molecular weight excluding hydrogens is 552 g/mol. The van der Waals surface area contributed by atoms with E-state index in [0.29, 0.717) is 19.7 Å². The largest absolute Gasteiger partial charge is 0.465 e. The first-order chi connectivity index (χ1) is 12.4. The maximum Gasteiger partial charge on any atom is 0.323 e. The van der Waals surface area contributed by atoms with E-state index in [0.717, 1.165) is 0 Å². The Kier molecular flexibility index (Phi) is 8.83. The van der Waals surface area contributed by atoms with E-state index in [-0.39, 0.29) is 17.9 Å². The number of rotatable bonds is 8. The molecule has 1 atom stereocenters. The molecule has 0 bridgehead atoms. The Morgan fingerprint density at radius 1 is 0.962 bits per heavy atom. The number of hydrogen-bond donors (Lipinski definition) is 0. The molecular formula is C21H25I2NO2. The second-order valence-corrected chi connectivity index (χ2v) is 8.85. The second-order valence-electron chi connectivity index (χ2n) is 6.53. The normalized spacial score (nSPS) is 12.4. The first-order valence-corrected chi connectivity index (χ1v) is 11.0. The Labute approximate surface area is 183 Å². The van der Waals surface area contributed by atoms with Crippen LogP contribution in [0.15, 0.2) is 48.5 Å². The molecule has 0 aromatic heterocycles. The van der Waals surface area contributed by atoms with Gasteiger partial charge in [-0.3, -0.25) is 9.69 Å². The lowest BCUT2D eigenvalue weighted by atomic mass is 10.0. The van der Waals surface area contributed by atoms with E-state index in [4.69, 9.17) is 4.74 Å². The fourth-order valence-corrected chi connectivity index (χ4v) is 4.13. The van der Waals surface area contributed by atoms with Crippen molar-refractivity contribution in [3.8, 4) is 0 Å². The Balaban J connectivity index is 2.37. The SMILES string of the molecule is CCOC(=O)[C@H](C(C)C)N(Cc1ccccc1I)Cc1ccccc1I. The number of hydrogen-bond acceptors (Lipinski definition) is 3. The summed E-state index contributed by atoms with van der Waals surface area (Å²) in [7, 11) is 0. The number of ether oxygens (including phenoxy) is 1. The molecule has 0 radical (unpaired) electrons. The van der Waals surface area contributed by atoms with Gasteiger partial charge in [-0.2, -0.15) is 0 Å². The number of carbonyl (C=O) groups is 1. The van der Waals surface area contributed by atoms with Crippen molar-refractivity contribution in [2.45, 2.75) is 39.9 Å². The van der Waals surface area contributed by atoms with Crippen molar-refractivity contribution < 1.29 is 9.53 Å². The van der Waals surface area contributed by atoms with Crippen LogP contribution in [0.3, 0.4) is 0 Å². The molecule has 0 amide bonds. The summed E-state index contributed by atoms with van der Waals surface area (Å²) in [5, 5.41) is 0. The summed E-state index contributed by atoms with van der Waals surface area (Å²) in [5.41, 5.74) is 2.46.